The largest absolute Gasteiger partial charge is 0.285 e. The molecule has 22 heavy (non-hydrogen) atoms. The molecule has 0 aliphatic heterocycles. The first-order chi connectivity index (χ1) is 10.6. The minimum absolute atomic E-state index is 0.171. The average Bonchev–Trinajstić information content (AvgIpc) is 3.01. The van der Waals surface area contributed by atoms with Gasteiger partial charge in [0.25, 0.3) is 10.0 Å². The SMILES string of the molecule is O=S(=O)(Nc1ccc(Br)cc1)c1nonc1-c1ccccc1. The molecular formula is C14H10BrN3O3S. The second-order valence-corrected chi connectivity index (χ2v) is 6.91. The van der Waals surface area contributed by atoms with Crippen molar-refractivity contribution in [3.05, 3.63) is 59.1 Å². The Kier molecular flexibility index (Phi) is 3.95. The molecule has 0 fully saturated rings. The predicted molar refractivity (Wildman–Crippen MR) is 84.7 cm³/mol. The first kappa shape index (κ1) is 14.7. The van der Waals surface area contributed by atoms with E-state index in [0.29, 0.717) is 11.3 Å². The minimum Gasteiger partial charge on any atom is -0.278 e. The maximum absolute atomic E-state index is 12.5. The van der Waals surface area contributed by atoms with Crippen molar-refractivity contribution in [1.82, 2.24) is 10.3 Å². The monoisotopic (exact) mass is 379 g/mol. The molecule has 0 radical (unpaired) electrons. The van der Waals surface area contributed by atoms with E-state index in [0.717, 1.165) is 4.47 Å². The fourth-order valence-electron chi connectivity index (χ4n) is 1.85. The van der Waals surface area contributed by atoms with Crippen LogP contribution in [0.25, 0.3) is 11.3 Å². The van der Waals surface area contributed by atoms with Crippen molar-refractivity contribution < 1.29 is 13.0 Å². The van der Waals surface area contributed by atoms with Crippen LogP contribution in [0.4, 0.5) is 5.69 Å². The molecule has 112 valence electrons. The van der Waals surface area contributed by atoms with Gasteiger partial charge in [0.05, 0.1) is 0 Å². The minimum atomic E-state index is -3.89. The van der Waals surface area contributed by atoms with E-state index >= 15 is 0 Å². The Morgan fingerprint density at radius 1 is 0.955 bits per heavy atom. The predicted octanol–water partition coefficient (Wildman–Crippen LogP) is 3.30. The van der Waals surface area contributed by atoms with Crippen molar-refractivity contribution in [2.75, 3.05) is 4.72 Å². The number of hydrogen-bond acceptors (Lipinski definition) is 5. The zero-order valence-electron chi connectivity index (χ0n) is 11.1. The lowest BCUT2D eigenvalue weighted by atomic mass is 10.2. The van der Waals surface area contributed by atoms with Gasteiger partial charge >= 0.3 is 0 Å². The summed E-state index contributed by atoms with van der Waals surface area (Å²) in [6.07, 6.45) is 0. The summed E-state index contributed by atoms with van der Waals surface area (Å²) in [5, 5.41) is 6.98. The zero-order valence-corrected chi connectivity index (χ0v) is 13.5. The third-order valence-electron chi connectivity index (χ3n) is 2.86. The van der Waals surface area contributed by atoms with E-state index in [2.05, 4.69) is 35.6 Å². The Bertz CT molecular complexity index is 877. The zero-order chi connectivity index (χ0) is 15.6. The summed E-state index contributed by atoms with van der Waals surface area (Å²) in [6, 6.07) is 15.6. The van der Waals surface area contributed by atoms with Gasteiger partial charge in [0.1, 0.15) is 0 Å². The van der Waals surface area contributed by atoms with Gasteiger partial charge in [-0.1, -0.05) is 46.3 Å². The van der Waals surface area contributed by atoms with Crippen LogP contribution in [0.1, 0.15) is 0 Å². The number of benzene rings is 2. The molecule has 0 atom stereocenters. The average molecular weight is 380 g/mol. The molecule has 0 aliphatic carbocycles. The number of halogens is 1. The summed E-state index contributed by atoms with van der Waals surface area (Å²) >= 11 is 3.29. The third kappa shape index (κ3) is 3.02. The van der Waals surface area contributed by atoms with Crippen molar-refractivity contribution in [2.24, 2.45) is 0 Å². The Morgan fingerprint density at radius 2 is 1.64 bits per heavy atom. The molecule has 0 bridgehead atoms. The summed E-state index contributed by atoms with van der Waals surface area (Å²) in [5.74, 6) is 0. The third-order valence-corrected chi connectivity index (χ3v) is 4.67. The molecule has 0 saturated heterocycles. The Balaban J connectivity index is 1.97. The molecule has 0 unspecified atom stereocenters. The fraction of sp³-hybridized carbons (Fsp3) is 0. The normalized spacial score (nSPS) is 11.3. The molecule has 1 aromatic heterocycles. The Hall–Kier alpha value is -2.19. The molecule has 2 aromatic carbocycles. The van der Waals surface area contributed by atoms with Gasteiger partial charge in [-0.2, -0.15) is 8.42 Å². The van der Waals surface area contributed by atoms with Crippen molar-refractivity contribution in [1.29, 1.82) is 0 Å². The highest BCUT2D eigenvalue weighted by molar-refractivity contribution is 9.10. The highest BCUT2D eigenvalue weighted by Gasteiger charge is 2.25. The van der Waals surface area contributed by atoms with E-state index in [1.54, 1.807) is 48.5 Å². The topological polar surface area (TPSA) is 85.1 Å². The molecule has 0 saturated carbocycles. The van der Waals surface area contributed by atoms with E-state index in [9.17, 15) is 8.42 Å². The summed E-state index contributed by atoms with van der Waals surface area (Å²) in [5.41, 5.74) is 1.20. The number of nitrogens with one attached hydrogen (secondary N) is 1. The second kappa shape index (κ2) is 5.90. The molecule has 8 heteroatoms. The maximum atomic E-state index is 12.5. The van der Waals surface area contributed by atoms with Gasteiger partial charge in [0, 0.05) is 15.7 Å². The molecular weight excluding hydrogens is 370 g/mol. The summed E-state index contributed by atoms with van der Waals surface area (Å²) in [7, 11) is -3.89. The number of sulfonamides is 1. The van der Waals surface area contributed by atoms with Crippen LogP contribution in [-0.2, 0) is 10.0 Å². The fourth-order valence-corrected chi connectivity index (χ4v) is 3.20. The summed E-state index contributed by atoms with van der Waals surface area (Å²) < 4.78 is 32.8. The van der Waals surface area contributed by atoms with E-state index < -0.39 is 10.0 Å². The van der Waals surface area contributed by atoms with Crippen molar-refractivity contribution in [3.63, 3.8) is 0 Å². The second-order valence-electron chi connectivity index (χ2n) is 4.40. The number of aromatic nitrogens is 2. The lowest BCUT2D eigenvalue weighted by molar-refractivity contribution is 0.298. The Morgan fingerprint density at radius 3 is 2.32 bits per heavy atom. The Labute approximate surface area is 135 Å². The van der Waals surface area contributed by atoms with Gasteiger partial charge in [-0.05, 0) is 34.6 Å². The quantitative estimate of drug-likeness (QED) is 0.751. The standard InChI is InChI=1S/C14H10BrN3O3S/c15-11-6-8-12(9-7-11)18-22(19,20)14-13(16-21-17-14)10-4-2-1-3-5-10/h1-9,18H. The van der Waals surface area contributed by atoms with Crippen LogP contribution < -0.4 is 4.72 Å². The first-order valence-electron chi connectivity index (χ1n) is 6.22. The van der Waals surface area contributed by atoms with Crippen LogP contribution in [0.15, 0.2) is 68.7 Å². The van der Waals surface area contributed by atoms with Gasteiger partial charge in [0.2, 0.25) is 5.03 Å². The van der Waals surface area contributed by atoms with Crippen LogP contribution in [0.3, 0.4) is 0 Å². The van der Waals surface area contributed by atoms with Gasteiger partial charge < -0.3 is 0 Å². The van der Waals surface area contributed by atoms with Crippen LogP contribution in [0.5, 0.6) is 0 Å². The van der Waals surface area contributed by atoms with Crippen molar-refractivity contribution in [3.8, 4) is 11.3 Å². The molecule has 3 rings (SSSR count). The molecule has 6 nitrogen and oxygen atoms in total. The van der Waals surface area contributed by atoms with Crippen molar-refractivity contribution in [2.45, 2.75) is 5.03 Å². The molecule has 3 aromatic rings. The maximum Gasteiger partial charge on any atom is 0.285 e. The number of anilines is 1. The summed E-state index contributed by atoms with van der Waals surface area (Å²) in [6.45, 7) is 0. The van der Waals surface area contributed by atoms with Gasteiger partial charge in [-0.15, -0.1) is 0 Å². The van der Waals surface area contributed by atoms with E-state index in [4.69, 9.17) is 0 Å². The first-order valence-corrected chi connectivity index (χ1v) is 8.50. The van der Waals surface area contributed by atoms with Crippen LogP contribution in [0, 0.1) is 0 Å². The van der Waals surface area contributed by atoms with Crippen LogP contribution in [0.2, 0.25) is 0 Å². The number of rotatable bonds is 4. The highest BCUT2D eigenvalue weighted by Crippen LogP contribution is 2.25. The smallest absolute Gasteiger partial charge is 0.278 e. The van der Waals surface area contributed by atoms with Crippen molar-refractivity contribution >= 4 is 31.6 Å². The van der Waals surface area contributed by atoms with Gasteiger partial charge in [-0.25, -0.2) is 4.63 Å². The van der Waals surface area contributed by atoms with Gasteiger partial charge in [-0.3, -0.25) is 4.72 Å². The van der Waals surface area contributed by atoms with Crippen LogP contribution in [-0.4, -0.2) is 18.7 Å². The molecule has 0 spiro atoms. The van der Waals surface area contributed by atoms with E-state index in [-0.39, 0.29) is 10.7 Å². The molecule has 0 aliphatic rings. The lowest BCUT2D eigenvalue weighted by Gasteiger charge is -2.06. The van der Waals surface area contributed by atoms with Gasteiger partial charge in [0.15, 0.2) is 5.69 Å². The molecule has 0 amide bonds. The molecule has 1 heterocycles. The number of nitrogens with zero attached hydrogens (tertiary/aromatic N) is 2. The van der Waals surface area contributed by atoms with Crippen LogP contribution >= 0.6 is 15.9 Å². The molecule has 1 N–H and O–H groups in total. The summed E-state index contributed by atoms with van der Waals surface area (Å²) in [4.78, 5) is 0. The lowest BCUT2D eigenvalue weighted by Crippen LogP contribution is -2.14. The number of hydrogen-bond donors (Lipinski definition) is 1. The van der Waals surface area contributed by atoms with E-state index in [1.807, 2.05) is 6.07 Å². The van der Waals surface area contributed by atoms with E-state index in [1.165, 1.54) is 0 Å². The highest BCUT2D eigenvalue weighted by atomic mass is 79.9.